The maximum Gasteiger partial charge on any atom is 0.313 e. The van der Waals surface area contributed by atoms with Crippen LogP contribution in [0.3, 0.4) is 0 Å². The van der Waals surface area contributed by atoms with Gasteiger partial charge in [0.1, 0.15) is 12.4 Å². The minimum absolute atomic E-state index is 0.0845. The van der Waals surface area contributed by atoms with Crippen molar-refractivity contribution in [3.63, 3.8) is 0 Å². The molecule has 0 fully saturated rings. The number of aryl methyl sites for hydroxylation is 1. The summed E-state index contributed by atoms with van der Waals surface area (Å²) in [6, 6.07) is 4.75. The summed E-state index contributed by atoms with van der Waals surface area (Å²) in [6.45, 7) is 1.48. The maximum atomic E-state index is 10.7. The number of nitrogens with zero attached hydrogens (tertiary/aromatic N) is 1. The van der Waals surface area contributed by atoms with Gasteiger partial charge in [-0.1, -0.05) is 12.1 Å². The Morgan fingerprint density at radius 1 is 1.67 bits per heavy atom. The number of nitrogens with one attached hydrogen (secondary N) is 1. The molecule has 0 aliphatic carbocycles. The van der Waals surface area contributed by atoms with E-state index in [2.05, 4.69) is 0 Å². The Morgan fingerprint density at radius 3 is 2.87 bits per heavy atom. The Balaban J connectivity index is 3.01. The highest BCUT2D eigenvalue weighted by molar-refractivity contribution is 5.78. The maximum absolute atomic E-state index is 10.7. The van der Waals surface area contributed by atoms with Crippen molar-refractivity contribution in [3.8, 4) is 5.75 Å². The predicted octanol–water partition coefficient (Wildman–Crippen LogP) is 1.22. The molecule has 0 heterocycles. The van der Waals surface area contributed by atoms with Crippen molar-refractivity contribution in [3.05, 3.63) is 33.9 Å². The zero-order valence-electron chi connectivity index (χ0n) is 8.19. The fraction of sp³-hybridized carbons (Fsp3) is 0.222. The van der Waals surface area contributed by atoms with Crippen molar-refractivity contribution >= 4 is 11.5 Å². The number of para-hydroxylation sites is 1. The molecule has 0 aromatic heterocycles. The zero-order valence-corrected chi connectivity index (χ0v) is 8.19. The van der Waals surface area contributed by atoms with Crippen LogP contribution in [0.1, 0.15) is 5.56 Å². The van der Waals surface area contributed by atoms with Gasteiger partial charge in [-0.05, 0) is 13.0 Å². The van der Waals surface area contributed by atoms with Crippen molar-refractivity contribution in [1.29, 1.82) is 5.41 Å². The second kappa shape index (κ2) is 4.41. The summed E-state index contributed by atoms with van der Waals surface area (Å²) in [5.74, 6) is -0.0407. The summed E-state index contributed by atoms with van der Waals surface area (Å²) < 4.78 is 5.05. The number of nitrogens with two attached hydrogens (primary N) is 1. The summed E-state index contributed by atoms with van der Waals surface area (Å²) in [5, 5.41) is 17.7. The first-order chi connectivity index (χ1) is 7.02. The van der Waals surface area contributed by atoms with E-state index in [1.54, 1.807) is 19.1 Å². The Morgan fingerprint density at radius 2 is 2.33 bits per heavy atom. The molecule has 0 unspecified atom stereocenters. The molecular formula is C9H11N3O3. The van der Waals surface area contributed by atoms with Crippen molar-refractivity contribution in [2.75, 3.05) is 6.61 Å². The first-order valence-electron chi connectivity index (χ1n) is 4.22. The lowest BCUT2D eigenvalue weighted by atomic mass is 10.2. The van der Waals surface area contributed by atoms with E-state index in [0.29, 0.717) is 5.56 Å². The molecule has 0 bridgehead atoms. The minimum atomic E-state index is -0.509. The minimum Gasteiger partial charge on any atom is -0.479 e. The Hall–Kier alpha value is -2.11. The van der Waals surface area contributed by atoms with Crippen LogP contribution in [0.5, 0.6) is 5.75 Å². The molecule has 0 atom stereocenters. The quantitative estimate of drug-likeness (QED) is 0.336. The smallest absolute Gasteiger partial charge is 0.313 e. The number of nitro groups is 1. The van der Waals surface area contributed by atoms with E-state index < -0.39 is 4.92 Å². The Bertz CT molecular complexity index is 404. The molecule has 6 heteroatoms. The number of nitro benzene ring substituents is 1. The zero-order chi connectivity index (χ0) is 11.4. The molecule has 0 saturated heterocycles. The van der Waals surface area contributed by atoms with E-state index >= 15 is 0 Å². The molecule has 0 saturated carbocycles. The fourth-order valence-corrected chi connectivity index (χ4v) is 1.14. The monoisotopic (exact) mass is 209 g/mol. The molecule has 0 radical (unpaired) electrons. The van der Waals surface area contributed by atoms with Crippen LogP contribution in [-0.4, -0.2) is 17.4 Å². The lowest BCUT2D eigenvalue weighted by Gasteiger charge is -2.06. The van der Waals surface area contributed by atoms with Crippen LogP contribution < -0.4 is 10.5 Å². The van der Waals surface area contributed by atoms with Crippen LogP contribution in [0, 0.1) is 22.4 Å². The highest BCUT2D eigenvalue weighted by atomic mass is 16.6. The third-order valence-electron chi connectivity index (χ3n) is 1.77. The SMILES string of the molecule is Cc1cccc(OCC(=N)N)c1[N+](=O)[O-]. The van der Waals surface area contributed by atoms with E-state index in [0.717, 1.165) is 0 Å². The second-order valence-electron chi connectivity index (χ2n) is 2.99. The summed E-state index contributed by atoms with van der Waals surface area (Å²) >= 11 is 0. The molecule has 0 aliphatic rings. The summed E-state index contributed by atoms with van der Waals surface area (Å²) in [7, 11) is 0. The highest BCUT2D eigenvalue weighted by Crippen LogP contribution is 2.29. The highest BCUT2D eigenvalue weighted by Gasteiger charge is 2.17. The first kappa shape index (κ1) is 11.0. The molecule has 1 aromatic rings. The molecular weight excluding hydrogens is 198 g/mol. The van der Waals surface area contributed by atoms with E-state index in [1.807, 2.05) is 0 Å². The molecule has 3 N–H and O–H groups in total. The van der Waals surface area contributed by atoms with Gasteiger partial charge in [-0.2, -0.15) is 0 Å². The summed E-state index contributed by atoms with van der Waals surface area (Å²) in [6.07, 6.45) is 0. The summed E-state index contributed by atoms with van der Waals surface area (Å²) in [5.41, 5.74) is 5.52. The van der Waals surface area contributed by atoms with Gasteiger partial charge >= 0.3 is 5.69 Å². The standard InChI is InChI=1S/C9H11N3O3/c1-6-3-2-4-7(9(6)12(13)14)15-5-8(10)11/h2-4H,5H2,1H3,(H3,10,11). The van der Waals surface area contributed by atoms with Crippen molar-refractivity contribution in [2.24, 2.45) is 5.73 Å². The molecule has 6 nitrogen and oxygen atoms in total. The average molecular weight is 209 g/mol. The first-order valence-corrected chi connectivity index (χ1v) is 4.22. The van der Waals surface area contributed by atoms with E-state index in [-0.39, 0.29) is 23.9 Å². The largest absolute Gasteiger partial charge is 0.479 e. The van der Waals surface area contributed by atoms with E-state index in [4.69, 9.17) is 15.9 Å². The average Bonchev–Trinajstić information content (AvgIpc) is 2.13. The van der Waals surface area contributed by atoms with Crippen LogP contribution in [0.2, 0.25) is 0 Å². The fourth-order valence-electron chi connectivity index (χ4n) is 1.14. The molecule has 0 aliphatic heterocycles. The van der Waals surface area contributed by atoms with Gasteiger partial charge in [0.2, 0.25) is 0 Å². The van der Waals surface area contributed by atoms with Crippen LogP contribution in [-0.2, 0) is 0 Å². The predicted molar refractivity (Wildman–Crippen MR) is 55.2 cm³/mol. The number of amidine groups is 1. The van der Waals surface area contributed by atoms with E-state index in [9.17, 15) is 10.1 Å². The summed E-state index contributed by atoms with van der Waals surface area (Å²) in [4.78, 5) is 10.2. The molecule has 15 heavy (non-hydrogen) atoms. The number of hydrogen-bond donors (Lipinski definition) is 2. The van der Waals surface area contributed by atoms with Crippen LogP contribution in [0.25, 0.3) is 0 Å². The number of rotatable bonds is 4. The Kier molecular flexibility index (Phi) is 3.22. The van der Waals surface area contributed by atoms with Gasteiger partial charge in [-0.25, -0.2) is 0 Å². The van der Waals surface area contributed by atoms with Crippen LogP contribution in [0.15, 0.2) is 18.2 Å². The van der Waals surface area contributed by atoms with Gasteiger partial charge in [0.15, 0.2) is 5.75 Å². The van der Waals surface area contributed by atoms with Crippen molar-refractivity contribution in [1.82, 2.24) is 0 Å². The van der Waals surface area contributed by atoms with Gasteiger partial charge in [0.05, 0.1) is 4.92 Å². The van der Waals surface area contributed by atoms with Crippen LogP contribution in [0.4, 0.5) is 5.69 Å². The number of hydrogen-bond acceptors (Lipinski definition) is 4. The van der Waals surface area contributed by atoms with Crippen molar-refractivity contribution in [2.45, 2.75) is 6.92 Å². The van der Waals surface area contributed by atoms with Gasteiger partial charge in [-0.15, -0.1) is 0 Å². The molecule has 1 rings (SSSR count). The third kappa shape index (κ3) is 2.67. The van der Waals surface area contributed by atoms with Gasteiger partial charge in [0.25, 0.3) is 0 Å². The normalized spacial score (nSPS) is 9.67. The lowest BCUT2D eigenvalue weighted by Crippen LogP contribution is -2.19. The number of benzene rings is 1. The lowest BCUT2D eigenvalue weighted by molar-refractivity contribution is -0.386. The van der Waals surface area contributed by atoms with Crippen LogP contribution >= 0.6 is 0 Å². The molecule has 0 amide bonds. The molecule has 0 spiro atoms. The topological polar surface area (TPSA) is 102 Å². The molecule has 80 valence electrons. The van der Waals surface area contributed by atoms with Crippen molar-refractivity contribution < 1.29 is 9.66 Å². The van der Waals surface area contributed by atoms with Gasteiger partial charge in [0, 0.05) is 5.56 Å². The number of ether oxygens (including phenoxy) is 1. The van der Waals surface area contributed by atoms with E-state index in [1.165, 1.54) is 6.07 Å². The third-order valence-corrected chi connectivity index (χ3v) is 1.77. The van der Waals surface area contributed by atoms with Gasteiger partial charge in [-0.3, -0.25) is 15.5 Å². The van der Waals surface area contributed by atoms with Gasteiger partial charge < -0.3 is 10.5 Å². The Labute approximate surface area is 86.3 Å². The second-order valence-corrected chi connectivity index (χ2v) is 2.99. The molecule has 1 aromatic carbocycles.